The Labute approximate surface area is 114 Å². The number of benzene rings is 1. The largest absolute Gasteiger partial charge is 0.242 e. The van der Waals surface area contributed by atoms with E-state index in [-0.39, 0.29) is 11.4 Å². The fourth-order valence-corrected chi connectivity index (χ4v) is 2.51. The molecule has 8 heteroatoms. The van der Waals surface area contributed by atoms with Crippen LogP contribution in [0.2, 0.25) is 0 Å². The van der Waals surface area contributed by atoms with E-state index in [9.17, 15) is 17.2 Å². The topological polar surface area (TPSA) is 72.0 Å². The van der Waals surface area contributed by atoms with Crippen molar-refractivity contribution >= 4 is 10.0 Å². The summed E-state index contributed by atoms with van der Waals surface area (Å²) in [6, 6.07) is 4.00. The predicted molar refractivity (Wildman–Crippen MR) is 67.2 cm³/mol. The Hall–Kier alpha value is -1.93. The Morgan fingerprint density at radius 2 is 1.90 bits per heavy atom. The first-order valence-corrected chi connectivity index (χ1v) is 7.09. The van der Waals surface area contributed by atoms with Crippen LogP contribution in [0, 0.1) is 18.6 Å². The molecule has 1 aromatic heterocycles. The number of nitrogens with zero attached hydrogens (tertiary/aromatic N) is 2. The van der Waals surface area contributed by atoms with E-state index >= 15 is 0 Å². The van der Waals surface area contributed by atoms with Gasteiger partial charge in [-0.1, -0.05) is 0 Å². The highest BCUT2D eigenvalue weighted by atomic mass is 32.2. The van der Waals surface area contributed by atoms with E-state index in [1.54, 1.807) is 13.0 Å². The smallest absolute Gasteiger partial charge is 0.241 e. The lowest BCUT2D eigenvalue weighted by Gasteiger charge is -2.07. The van der Waals surface area contributed by atoms with Crippen LogP contribution in [0.4, 0.5) is 8.78 Å². The van der Waals surface area contributed by atoms with Crippen LogP contribution < -0.4 is 4.72 Å². The molecule has 2 aromatic rings. The first kappa shape index (κ1) is 14.5. The van der Waals surface area contributed by atoms with Gasteiger partial charge in [-0.3, -0.25) is 0 Å². The van der Waals surface area contributed by atoms with Gasteiger partial charge in [-0.25, -0.2) is 31.9 Å². The Bertz CT molecular complexity index is 735. The number of aryl methyl sites for hydroxylation is 1. The minimum absolute atomic E-state index is 0.0648. The van der Waals surface area contributed by atoms with E-state index in [0.29, 0.717) is 17.5 Å². The highest BCUT2D eigenvalue weighted by Crippen LogP contribution is 2.13. The van der Waals surface area contributed by atoms with Crippen molar-refractivity contribution in [2.24, 2.45) is 0 Å². The van der Waals surface area contributed by atoms with Crippen LogP contribution in [0.15, 0.2) is 35.5 Å². The molecule has 0 aliphatic rings. The molecule has 0 unspecified atom stereocenters. The minimum atomic E-state index is -3.93. The lowest BCUT2D eigenvalue weighted by Crippen LogP contribution is -2.24. The molecule has 106 valence electrons. The van der Waals surface area contributed by atoms with Crippen LogP contribution in [-0.4, -0.2) is 18.4 Å². The molecule has 0 amide bonds. The van der Waals surface area contributed by atoms with Crippen molar-refractivity contribution < 1.29 is 17.2 Å². The highest BCUT2D eigenvalue weighted by molar-refractivity contribution is 7.89. The molecule has 0 bridgehead atoms. The Morgan fingerprint density at radius 3 is 2.55 bits per heavy atom. The van der Waals surface area contributed by atoms with E-state index in [2.05, 4.69) is 14.7 Å². The summed E-state index contributed by atoms with van der Waals surface area (Å²) in [6.07, 6.45) is 1.32. The van der Waals surface area contributed by atoms with Crippen molar-refractivity contribution in [1.82, 2.24) is 14.7 Å². The summed E-state index contributed by atoms with van der Waals surface area (Å²) in [5.41, 5.74) is 1.17. The van der Waals surface area contributed by atoms with Gasteiger partial charge in [0.05, 0.1) is 17.1 Å². The van der Waals surface area contributed by atoms with Gasteiger partial charge in [-0.2, -0.15) is 0 Å². The maximum absolute atomic E-state index is 13.0. The summed E-state index contributed by atoms with van der Waals surface area (Å²) in [5.74, 6) is -2.32. The summed E-state index contributed by atoms with van der Waals surface area (Å²) < 4.78 is 51.9. The maximum atomic E-state index is 13.0. The molecular formula is C12H11F2N3O2S. The Balaban J connectivity index is 2.17. The van der Waals surface area contributed by atoms with Gasteiger partial charge in [0.25, 0.3) is 0 Å². The van der Waals surface area contributed by atoms with Crippen LogP contribution in [0.25, 0.3) is 0 Å². The highest BCUT2D eigenvalue weighted by Gasteiger charge is 2.16. The summed E-state index contributed by atoms with van der Waals surface area (Å²) in [5, 5.41) is 0. The van der Waals surface area contributed by atoms with Crippen molar-refractivity contribution in [2.45, 2.75) is 18.4 Å². The molecule has 0 aliphatic carbocycles. The number of aromatic nitrogens is 2. The van der Waals surface area contributed by atoms with Gasteiger partial charge in [-0.05, 0) is 31.2 Å². The molecule has 0 radical (unpaired) electrons. The molecule has 20 heavy (non-hydrogen) atoms. The van der Waals surface area contributed by atoms with Crippen molar-refractivity contribution in [2.75, 3.05) is 0 Å². The van der Waals surface area contributed by atoms with Crippen LogP contribution >= 0.6 is 0 Å². The van der Waals surface area contributed by atoms with Gasteiger partial charge in [0.1, 0.15) is 6.33 Å². The number of hydrogen-bond acceptors (Lipinski definition) is 4. The SMILES string of the molecule is Cc1cc(CNS(=O)(=O)c2ccc(F)c(F)c2)ncn1. The minimum Gasteiger partial charge on any atom is -0.242 e. The van der Waals surface area contributed by atoms with Gasteiger partial charge in [0.2, 0.25) is 10.0 Å². The molecule has 1 heterocycles. The molecule has 0 spiro atoms. The number of nitrogens with one attached hydrogen (secondary N) is 1. The molecule has 0 atom stereocenters. The number of sulfonamides is 1. The van der Waals surface area contributed by atoms with E-state index in [4.69, 9.17) is 0 Å². The van der Waals surface area contributed by atoms with E-state index in [1.165, 1.54) is 6.33 Å². The Kier molecular flexibility index (Phi) is 4.05. The quantitative estimate of drug-likeness (QED) is 0.929. The monoisotopic (exact) mass is 299 g/mol. The van der Waals surface area contributed by atoms with Crippen molar-refractivity contribution in [3.05, 3.63) is 53.6 Å². The first-order chi connectivity index (χ1) is 9.38. The molecule has 1 N–H and O–H groups in total. The predicted octanol–water partition coefficient (Wildman–Crippen LogP) is 1.54. The molecule has 5 nitrogen and oxygen atoms in total. The van der Waals surface area contributed by atoms with Crippen LogP contribution in [0.5, 0.6) is 0 Å². The average molecular weight is 299 g/mol. The van der Waals surface area contributed by atoms with Gasteiger partial charge < -0.3 is 0 Å². The van der Waals surface area contributed by atoms with Crippen molar-refractivity contribution in [1.29, 1.82) is 0 Å². The normalized spacial score (nSPS) is 11.6. The number of halogens is 2. The molecule has 1 aromatic carbocycles. The second kappa shape index (κ2) is 5.59. The summed E-state index contributed by atoms with van der Waals surface area (Å²) >= 11 is 0. The molecule has 0 aliphatic heterocycles. The van der Waals surface area contributed by atoms with Crippen molar-refractivity contribution in [3.63, 3.8) is 0 Å². The summed E-state index contributed by atoms with van der Waals surface area (Å²) in [7, 11) is -3.93. The van der Waals surface area contributed by atoms with Gasteiger partial charge in [0.15, 0.2) is 11.6 Å². The van der Waals surface area contributed by atoms with E-state index < -0.39 is 21.7 Å². The second-order valence-electron chi connectivity index (χ2n) is 4.05. The van der Waals surface area contributed by atoms with Crippen molar-refractivity contribution in [3.8, 4) is 0 Å². The first-order valence-electron chi connectivity index (χ1n) is 5.61. The third-order valence-electron chi connectivity index (χ3n) is 2.51. The molecule has 2 rings (SSSR count). The molecular weight excluding hydrogens is 288 g/mol. The molecule has 0 saturated heterocycles. The molecule has 0 saturated carbocycles. The number of rotatable bonds is 4. The van der Waals surface area contributed by atoms with Gasteiger partial charge >= 0.3 is 0 Å². The number of hydrogen-bond donors (Lipinski definition) is 1. The average Bonchev–Trinajstić information content (AvgIpc) is 2.40. The van der Waals surface area contributed by atoms with Gasteiger partial charge in [-0.15, -0.1) is 0 Å². The zero-order valence-corrected chi connectivity index (χ0v) is 11.3. The second-order valence-corrected chi connectivity index (χ2v) is 5.82. The van der Waals surface area contributed by atoms with Crippen LogP contribution in [0.3, 0.4) is 0 Å². The standard InChI is InChI=1S/C12H11F2N3O2S/c1-8-4-9(16-7-15-8)6-17-20(18,19)10-2-3-11(13)12(14)5-10/h2-5,7,17H,6H2,1H3. The summed E-state index contributed by atoms with van der Waals surface area (Å²) in [4.78, 5) is 7.43. The zero-order chi connectivity index (χ0) is 14.8. The maximum Gasteiger partial charge on any atom is 0.241 e. The lowest BCUT2D eigenvalue weighted by atomic mass is 10.3. The third kappa shape index (κ3) is 3.34. The van der Waals surface area contributed by atoms with Gasteiger partial charge in [0, 0.05) is 5.69 Å². The fourth-order valence-electron chi connectivity index (χ4n) is 1.50. The fraction of sp³-hybridized carbons (Fsp3) is 0.167. The van der Waals surface area contributed by atoms with E-state index in [0.717, 1.165) is 12.1 Å². The molecule has 0 fully saturated rings. The Morgan fingerprint density at radius 1 is 1.15 bits per heavy atom. The van der Waals surface area contributed by atoms with Crippen LogP contribution in [-0.2, 0) is 16.6 Å². The summed E-state index contributed by atoms with van der Waals surface area (Å²) in [6.45, 7) is 1.68. The zero-order valence-electron chi connectivity index (χ0n) is 10.5. The third-order valence-corrected chi connectivity index (χ3v) is 3.90. The van der Waals surface area contributed by atoms with E-state index in [1.807, 2.05) is 0 Å². The van der Waals surface area contributed by atoms with Crippen LogP contribution in [0.1, 0.15) is 11.4 Å². The lowest BCUT2D eigenvalue weighted by molar-refractivity contribution is 0.504.